The first kappa shape index (κ1) is 23.6. The third kappa shape index (κ3) is 4.93. The Morgan fingerprint density at radius 1 is 0.865 bits per heavy atom. The molecule has 37 heavy (non-hydrogen) atoms. The molecule has 0 unspecified atom stereocenters. The normalized spacial score (nSPS) is 20.1. The van der Waals surface area contributed by atoms with Gasteiger partial charge in [0.15, 0.2) is 11.5 Å². The van der Waals surface area contributed by atoms with Crippen molar-refractivity contribution < 1.29 is 24.2 Å². The molecule has 190 valence electrons. The van der Waals surface area contributed by atoms with Crippen LogP contribution in [0.4, 0.5) is 5.69 Å². The summed E-state index contributed by atoms with van der Waals surface area (Å²) in [4.78, 5) is 26.0. The monoisotopic (exact) mass is 497 g/mol. The summed E-state index contributed by atoms with van der Waals surface area (Å²) in [7, 11) is 0. The van der Waals surface area contributed by atoms with E-state index in [1.807, 2.05) is 23.1 Å². The number of rotatable bonds is 6. The summed E-state index contributed by atoms with van der Waals surface area (Å²) in [5.41, 5.74) is 6.83. The van der Waals surface area contributed by atoms with Gasteiger partial charge in [-0.2, -0.15) is 0 Å². The first-order valence-corrected chi connectivity index (χ1v) is 13.2. The van der Waals surface area contributed by atoms with Gasteiger partial charge in [-0.05, 0) is 96.0 Å². The van der Waals surface area contributed by atoms with E-state index in [1.54, 1.807) is 0 Å². The Hall–Kier alpha value is -3.80. The quantitative estimate of drug-likeness (QED) is 0.455. The summed E-state index contributed by atoms with van der Waals surface area (Å²) in [6, 6.07) is 20.9. The van der Waals surface area contributed by atoms with E-state index in [9.17, 15) is 9.59 Å². The molecule has 0 radical (unpaired) electrons. The molecule has 6 rings (SSSR count). The number of ether oxygens (including phenoxy) is 2. The number of carboxylic acids is 1. The zero-order chi connectivity index (χ0) is 25.4. The predicted octanol–water partition coefficient (Wildman–Crippen LogP) is 5.96. The number of carbonyl (C=O) groups is 2. The third-order valence-electron chi connectivity index (χ3n) is 8.09. The van der Waals surface area contributed by atoms with Crippen LogP contribution in [0.2, 0.25) is 0 Å². The van der Waals surface area contributed by atoms with Crippen molar-refractivity contribution in [2.45, 2.75) is 50.9 Å². The van der Waals surface area contributed by atoms with Gasteiger partial charge < -0.3 is 19.5 Å². The number of aliphatic carboxylic acids is 1. The molecule has 6 heteroatoms. The van der Waals surface area contributed by atoms with Gasteiger partial charge in [0.1, 0.15) is 0 Å². The zero-order valence-corrected chi connectivity index (χ0v) is 20.8. The lowest BCUT2D eigenvalue weighted by Gasteiger charge is -2.28. The summed E-state index contributed by atoms with van der Waals surface area (Å²) >= 11 is 0. The lowest BCUT2D eigenvalue weighted by Crippen LogP contribution is -2.30. The maximum atomic E-state index is 13.1. The second-order valence-corrected chi connectivity index (χ2v) is 10.4. The van der Waals surface area contributed by atoms with Crippen LogP contribution in [-0.4, -0.2) is 30.3 Å². The fourth-order valence-corrected chi connectivity index (χ4v) is 6.06. The molecule has 6 nitrogen and oxygen atoms in total. The van der Waals surface area contributed by atoms with Crippen LogP contribution in [0.3, 0.4) is 0 Å². The highest BCUT2D eigenvalue weighted by molar-refractivity contribution is 5.97. The molecule has 1 aliphatic carbocycles. The zero-order valence-electron chi connectivity index (χ0n) is 20.8. The molecule has 0 spiro atoms. The number of carboxylic acid groups (broad SMARTS) is 1. The summed E-state index contributed by atoms with van der Waals surface area (Å²) < 4.78 is 10.8. The molecular weight excluding hydrogens is 466 g/mol. The van der Waals surface area contributed by atoms with E-state index in [0.717, 1.165) is 49.1 Å². The van der Waals surface area contributed by atoms with E-state index in [1.165, 1.54) is 22.3 Å². The minimum Gasteiger partial charge on any atom is -0.481 e. The minimum atomic E-state index is -0.681. The van der Waals surface area contributed by atoms with Gasteiger partial charge in [-0.1, -0.05) is 36.4 Å². The van der Waals surface area contributed by atoms with E-state index in [0.29, 0.717) is 37.0 Å². The summed E-state index contributed by atoms with van der Waals surface area (Å²) in [6.45, 7) is 0.929. The van der Waals surface area contributed by atoms with Crippen LogP contribution in [0.25, 0.3) is 11.1 Å². The van der Waals surface area contributed by atoms with E-state index in [4.69, 9.17) is 14.6 Å². The number of amides is 1. The van der Waals surface area contributed by atoms with Crippen LogP contribution in [0.5, 0.6) is 11.5 Å². The van der Waals surface area contributed by atoms with Gasteiger partial charge in [0.05, 0.1) is 6.42 Å². The SMILES string of the molecule is O=C(O)CC1CCC(c2ccc(-c3ccc4c(c3)CCN4C(=O)Cc3ccc4c(c3)OCO4)cc2)CC1. The largest absolute Gasteiger partial charge is 0.481 e. The molecule has 2 heterocycles. The molecule has 1 fully saturated rings. The molecule has 3 aromatic carbocycles. The smallest absolute Gasteiger partial charge is 0.303 e. The fraction of sp³-hybridized carbons (Fsp3) is 0.355. The standard InChI is InChI=1S/C31H31NO5/c33-30(16-21-3-12-28-29(15-21)37-19-36-28)32-14-13-26-18-25(10-11-27(26)32)24-8-6-23(7-9-24)22-4-1-20(2-5-22)17-31(34)35/h3,6-12,15,18,20,22H,1-2,4-5,13-14,16-17,19H2,(H,34,35). The van der Waals surface area contributed by atoms with Gasteiger partial charge >= 0.3 is 5.97 Å². The molecule has 1 saturated carbocycles. The van der Waals surface area contributed by atoms with Crippen LogP contribution >= 0.6 is 0 Å². The van der Waals surface area contributed by atoms with Gasteiger partial charge in [0.2, 0.25) is 12.7 Å². The van der Waals surface area contributed by atoms with Gasteiger partial charge in [-0.15, -0.1) is 0 Å². The Bertz CT molecular complexity index is 1320. The Morgan fingerprint density at radius 3 is 2.41 bits per heavy atom. The highest BCUT2D eigenvalue weighted by Crippen LogP contribution is 2.39. The maximum absolute atomic E-state index is 13.1. The average Bonchev–Trinajstić information content (AvgIpc) is 3.55. The van der Waals surface area contributed by atoms with Crippen LogP contribution < -0.4 is 14.4 Å². The summed E-state index contributed by atoms with van der Waals surface area (Å²) in [6.07, 6.45) is 5.59. The Balaban J connectivity index is 1.11. The van der Waals surface area contributed by atoms with Crippen molar-refractivity contribution >= 4 is 17.6 Å². The van der Waals surface area contributed by atoms with Crippen molar-refractivity contribution in [2.24, 2.45) is 5.92 Å². The third-order valence-corrected chi connectivity index (χ3v) is 8.09. The molecule has 0 bridgehead atoms. The topological polar surface area (TPSA) is 76.1 Å². The van der Waals surface area contributed by atoms with Crippen molar-refractivity contribution in [3.05, 3.63) is 77.4 Å². The molecule has 1 N–H and O–H groups in total. The van der Waals surface area contributed by atoms with Crippen molar-refractivity contribution in [3.63, 3.8) is 0 Å². The van der Waals surface area contributed by atoms with E-state index in [2.05, 4.69) is 42.5 Å². The number of hydrogen-bond acceptors (Lipinski definition) is 4. The Labute approximate surface area is 216 Å². The number of nitrogens with zero attached hydrogens (tertiary/aromatic N) is 1. The maximum Gasteiger partial charge on any atom is 0.303 e. The van der Waals surface area contributed by atoms with Crippen LogP contribution in [0, 0.1) is 5.92 Å². The van der Waals surface area contributed by atoms with Crippen molar-refractivity contribution in [3.8, 4) is 22.6 Å². The first-order chi connectivity index (χ1) is 18.0. The molecule has 1 amide bonds. The number of hydrogen-bond donors (Lipinski definition) is 1. The minimum absolute atomic E-state index is 0.0905. The second-order valence-electron chi connectivity index (χ2n) is 10.4. The Morgan fingerprint density at radius 2 is 1.62 bits per heavy atom. The molecule has 0 atom stereocenters. The molecule has 3 aromatic rings. The van der Waals surface area contributed by atoms with Gasteiger partial charge in [-0.25, -0.2) is 0 Å². The predicted molar refractivity (Wildman–Crippen MR) is 141 cm³/mol. The molecule has 0 aromatic heterocycles. The number of benzene rings is 3. The highest BCUT2D eigenvalue weighted by Gasteiger charge is 2.26. The summed E-state index contributed by atoms with van der Waals surface area (Å²) in [5.74, 6) is 1.68. The first-order valence-electron chi connectivity index (χ1n) is 13.2. The number of carbonyl (C=O) groups excluding carboxylic acids is 1. The van der Waals surface area contributed by atoms with Crippen molar-refractivity contribution in [2.75, 3.05) is 18.2 Å². The number of anilines is 1. The lowest BCUT2D eigenvalue weighted by atomic mass is 9.77. The van der Waals surface area contributed by atoms with Crippen LogP contribution in [0.1, 0.15) is 54.7 Å². The highest BCUT2D eigenvalue weighted by atomic mass is 16.7. The summed E-state index contributed by atoms with van der Waals surface area (Å²) in [5, 5.41) is 9.05. The lowest BCUT2D eigenvalue weighted by molar-refractivity contribution is -0.138. The van der Waals surface area contributed by atoms with E-state index in [-0.39, 0.29) is 12.7 Å². The molecule has 0 saturated heterocycles. The fourth-order valence-electron chi connectivity index (χ4n) is 6.06. The Kier molecular flexibility index (Phi) is 6.33. The van der Waals surface area contributed by atoms with Crippen LogP contribution in [-0.2, 0) is 22.4 Å². The van der Waals surface area contributed by atoms with Crippen molar-refractivity contribution in [1.82, 2.24) is 0 Å². The van der Waals surface area contributed by atoms with Gasteiger partial charge in [0, 0.05) is 18.7 Å². The van der Waals surface area contributed by atoms with Crippen molar-refractivity contribution in [1.29, 1.82) is 0 Å². The van der Waals surface area contributed by atoms with Gasteiger partial charge in [-0.3, -0.25) is 9.59 Å². The van der Waals surface area contributed by atoms with E-state index < -0.39 is 5.97 Å². The second kappa shape index (κ2) is 9.92. The van der Waals surface area contributed by atoms with Gasteiger partial charge in [0.25, 0.3) is 0 Å². The van der Waals surface area contributed by atoms with Crippen LogP contribution in [0.15, 0.2) is 60.7 Å². The van der Waals surface area contributed by atoms with E-state index >= 15 is 0 Å². The molecular formula is C31H31NO5. The molecule has 2 aliphatic heterocycles. The average molecular weight is 498 g/mol. The number of fused-ring (bicyclic) bond motifs is 2. The molecule has 3 aliphatic rings.